The highest BCUT2D eigenvalue weighted by molar-refractivity contribution is 6.30. The number of hydrogen-bond donors (Lipinski definition) is 1. The summed E-state index contributed by atoms with van der Waals surface area (Å²) in [6.45, 7) is -0.605. The van der Waals surface area contributed by atoms with Crippen LogP contribution in [0, 0.1) is 11.6 Å². The Bertz CT molecular complexity index is 725. The van der Waals surface area contributed by atoms with Crippen LogP contribution >= 0.6 is 11.6 Å². The van der Waals surface area contributed by atoms with E-state index in [1.165, 1.54) is 24.4 Å². The Labute approximate surface area is 128 Å². The second-order valence-electron chi connectivity index (χ2n) is 4.11. The number of pyridine rings is 1. The zero-order chi connectivity index (χ0) is 16.1. The summed E-state index contributed by atoms with van der Waals surface area (Å²) in [4.78, 5) is 26.9. The van der Waals surface area contributed by atoms with Crippen molar-refractivity contribution in [2.75, 3.05) is 11.9 Å². The van der Waals surface area contributed by atoms with E-state index in [9.17, 15) is 18.4 Å². The predicted octanol–water partition coefficient (Wildman–Crippen LogP) is 2.81. The molecule has 2 aromatic rings. The Morgan fingerprint density at radius 1 is 1.18 bits per heavy atom. The molecule has 0 bridgehead atoms. The van der Waals surface area contributed by atoms with Crippen molar-refractivity contribution >= 4 is 29.2 Å². The standard InChI is InChI=1S/C14H9ClF2N2O3/c15-8-3-4-18-12(5-8)14(21)22-7-13(20)19-9-1-2-10(16)11(17)6-9/h1-6H,7H2,(H,19,20). The molecule has 0 aliphatic heterocycles. The number of carbonyl (C=O) groups excluding carboxylic acids is 2. The van der Waals surface area contributed by atoms with Gasteiger partial charge in [-0.25, -0.2) is 18.6 Å². The van der Waals surface area contributed by atoms with Crippen LogP contribution < -0.4 is 5.32 Å². The summed E-state index contributed by atoms with van der Waals surface area (Å²) in [5, 5.41) is 2.56. The monoisotopic (exact) mass is 326 g/mol. The fourth-order valence-corrected chi connectivity index (χ4v) is 1.65. The Balaban J connectivity index is 1.90. The van der Waals surface area contributed by atoms with Crippen LogP contribution in [0.3, 0.4) is 0 Å². The lowest BCUT2D eigenvalue weighted by Gasteiger charge is -2.06. The van der Waals surface area contributed by atoms with E-state index in [1.54, 1.807) is 0 Å². The minimum atomic E-state index is -1.10. The van der Waals surface area contributed by atoms with Gasteiger partial charge in [0.05, 0.1) is 0 Å². The van der Waals surface area contributed by atoms with Gasteiger partial charge < -0.3 is 10.1 Å². The molecule has 8 heteroatoms. The van der Waals surface area contributed by atoms with Gasteiger partial charge in [0.1, 0.15) is 5.69 Å². The summed E-state index contributed by atoms with van der Waals surface area (Å²) in [5.74, 6) is -3.67. The lowest BCUT2D eigenvalue weighted by molar-refractivity contribution is -0.119. The molecule has 1 N–H and O–H groups in total. The van der Waals surface area contributed by atoms with E-state index in [0.29, 0.717) is 5.02 Å². The summed E-state index contributed by atoms with van der Waals surface area (Å²) in [6.07, 6.45) is 1.32. The number of anilines is 1. The second-order valence-corrected chi connectivity index (χ2v) is 4.55. The zero-order valence-electron chi connectivity index (χ0n) is 11.0. The first-order chi connectivity index (χ1) is 10.5. The fraction of sp³-hybridized carbons (Fsp3) is 0.0714. The fourth-order valence-electron chi connectivity index (χ4n) is 1.49. The molecular formula is C14H9ClF2N2O3. The van der Waals surface area contributed by atoms with Crippen LogP contribution in [0.5, 0.6) is 0 Å². The highest BCUT2D eigenvalue weighted by Gasteiger charge is 2.12. The van der Waals surface area contributed by atoms with Gasteiger partial charge in [0.15, 0.2) is 18.2 Å². The largest absolute Gasteiger partial charge is 0.451 e. The molecule has 0 radical (unpaired) electrons. The number of esters is 1. The second kappa shape index (κ2) is 6.95. The molecular weight excluding hydrogens is 318 g/mol. The third kappa shape index (κ3) is 4.23. The molecule has 0 atom stereocenters. The normalized spacial score (nSPS) is 10.1. The maximum absolute atomic E-state index is 13.0. The average Bonchev–Trinajstić information content (AvgIpc) is 2.48. The Kier molecular flexibility index (Phi) is 5.00. The Morgan fingerprint density at radius 3 is 2.64 bits per heavy atom. The van der Waals surface area contributed by atoms with E-state index in [0.717, 1.165) is 12.1 Å². The van der Waals surface area contributed by atoms with Gasteiger partial charge in [-0.3, -0.25) is 4.79 Å². The third-order valence-corrected chi connectivity index (χ3v) is 2.70. The van der Waals surface area contributed by atoms with Crippen molar-refractivity contribution in [2.45, 2.75) is 0 Å². The quantitative estimate of drug-likeness (QED) is 0.877. The minimum Gasteiger partial charge on any atom is -0.451 e. The Morgan fingerprint density at radius 2 is 1.95 bits per heavy atom. The van der Waals surface area contributed by atoms with E-state index < -0.39 is 30.1 Å². The van der Waals surface area contributed by atoms with Gasteiger partial charge in [0.2, 0.25) is 0 Å². The van der Waals surface area contributed by atoms with E-state index in [1.807, 2.05) is 0 Å². The molecule has 1 heterocycles. The molecule has 114 valence electrons. The number of halogens is 3. The summed E-state index contributed by atoms with van der Waals surface area (Å²) in [7, 11) is 0. The molecule has 0 saturated carbocycles. The van der Waals surface area contributed by atoms with E-state index in [-0.39, 0.29) is 11.4 Å². The van der Waals surface area contributed by atoms with Crippen LogP contribution in [0.4, 0.5) is 14.5 Å². The number of nitrogens with zero attached hydrogens (tertiary/aromatic N) is 1. The number of aromatic nitrogens is 1. The van der Waals surface area contributed by atoms with Crippen molar-refractivity contribution in [3.8, 4) is 0 Å². The minimum absolute atomic E-state index is 0.0424. The zero-order valence-corrected chi connectivity index (χ0v) is 11.7. The molecule has 1 aromatic carbocycles. The van der Waals surface area contributed by atoms with Crippen molar-refractivity contribution in [1.29, 1.82) is 0 Å². The Hall–Kier alpha value is -2.54. The van der Waals surface area contributed by atoms with Crippen LogP contribution in [0.1, 0.15) is 10.5 Å². The van der Waals surface area contributed by atoms with Gasteiger partial charge >= 0.3 is 5.97 Å². The molecule has 0 saturated heterocycles. The van der Waals surface area contributed by atoms with E-state index in [2.05, 4.69) is 10.3 Å². The highest BCUT2D eigenvalue weighted by Crippen LogP contribution is 2.13. The number of rotatable bonds is 4. The van der Waals surface area contributed by atoms with Gasteiger partial charge in [0, 0.05) is 23.0 Å². The smallest absolute Gasteiger partial charge is 0.357 e. The maximum Gasteiger partial charge on any atom is 0.357 e. The molecule has 22 heavy (non-hydrogen) atoms. The van der Waals surface area contributed by atoms with Gasteiger partial charge in [-0.1, -0.05) is 11.6 Å². The number of benzene rings is 1. The van der Waals surface area contributed by atoms with Gasteiger partial charge in [-0.15, -0.1) is 0 Å². The van der Waals surface area contributed by atoms with E-state index in [4.69, 9.17) is 16.3 Å². The first-order valence-electron chi connectivity index (χ1n) is 5.99. The highest BCUT2D eigenvalue weighted by atomic mass is 35.5. The topological polar surface area (TPSA) is 68.3 Å². The molecule has 0 fully saturated rings. The van der Waals surface area contributed by atoms with Crippen molar-refractivity contribution in [1.82, 2.24) is 4.98 Å². The molecule has 1 aromatic heterocycles. The van der Waals surface area contributed by atoms with Crippen molar-refractivity contribution in [2.24, 2.45) is 0 Å². The average molecular weight is 327 g/mol. The number of hydrogen-bond acceptors (Lipinski definition) is 4. The molecule has 0 aliphatic carbocycles. The van der Waals surface area contributed by atoms with Crippen LogP contribution in [0.2, 0.25) is 5.02 Å². The molecule has 5 nitrogen and oxygen atoms in total. The van der Waals surface area contributed by atoms with Crippen molar-refractivity contribution in [3.05, 3.63) is 58.9 Å². The number of carbonyl (C=O) groups is 2. The summed E-state index contributed by atoms with van der Waals surface area (Å²) in [5.41, 5.74) is -0.00560. The van der Waals surface area contributed by atoms with Crippen LogP contribution in [-0.4, -0.2) is 23.5 Å². The van der Waals surface area contributed by atoms with Gasteiger partial charge in [0.25, 0.3) is 5.91 Å². The number of nitrogens with one attached hydrogen (secondary N) is 1. The third-order valence-electron chi connectivity index (χ3n) is 2.47. The maximum atomic E-state index is 13.0. The molecule has 0 unspecified atom stereocenters. The van der Waals surface area contributed by atoms with Crippen molar-refractivity contribution < 1.29 is 23.1 Å². The lowest BCUT2D eigenvalue weighted by Crippen LogP contribution is -2.21. The van der Waals surface area contributed by atoms with Gasteiger partial charge in [-0.2, -0.15) is 0 Å². The first kappa shape index (κ1) is 15.8. The predicted molar refractivity (Wildman–Crippen MR) is 74.5 cm³/mol. The van der Waals surface area contributed by atoms with Crippen LogP contribution in [0.25, 0.3) is 0 Å². The molecule has 0 spiro atoms. The van der Waals surface area contributed by atoms with Crippen LogP contribution in [-0.2, 0) is 9.53 Å². The van der Waals surface area contributed by atoms with Crippen molar-refractivity contribution in [3.63, 3.8) is 0 Å². The number of amides is 1. The summed E-state index contributed by atoms with van der Waals surface area (Å²) in [6, 6.07) is 5.63. The van der Waals surface area contributed by atoms with Gasteiger partial charge in [-0.05, 0) is 24.3 Å². The van der Waals surface area contributed by atoms with E-state index >= 15 is 0 Å². The summed E-state index contributed by atoms with van der Waals surface area (Å²) < 4.78 is 30.4. The molecule has 1 amide bonds. The SMILES string of the molecule is O=C(COC(=O)c1cc(Cl)ccn1)Nc1ccc(F)c(F)c1. The number of ether oxygens (including phenoxy) is 1. The lowest BCUT2D eigenvalue weighted by atomic mass is 10.3. The molecule has 2 rings (SSSR count). The van der Waals surface area contributed by atoms with Crippen LogP contribution in [0.15, 0.2) is 36.5 Å². The molecule has 0 aliphatic rings. The first-order valence-corrected chi connectivity index (χ1v) is 6.37. The summed E-state index contributed by atoms with van der Waals surface area (Å²) >= 11 is 5.69.